The molecule has 5 nitrogen and oxygen atoms in total. The van der Waals surface area contributed by atoms with Gasteiger partial charge in [-0.2, -0.15) is 0 Å². The second kappa shape index (κ2) is 6.87. The summed E-state index contributed by atoms with van der Waals surface area (Å²) in [4.78, 5) is 14.7. The molecule has 0 bridgehead atoms. The summed E-state index contributed by atoms with van der Waals surface area (Å²) in [6.45, 7) is 9.84. The number of nitrogens with one attached hydrogen (secondary N) is 1. The van der Waals surface area contributed by atoms with Crippen molar-refractivity contribution in [2.75, 3.05) is 39.4 Å². The topological polar surface area (TPSA) is 67.6 Å². The molecule has 20 heavy (non-hydrogen) atoms. The highest BCUT2D eigenvalue weighted by molar-refractivity contribution is 5.86. The van der Waals surface area contributed by atoms with Crippen LogP contribution in [0.3, 0.4) is 0 Å². The van der Waals surface area contributed by atoms with Gasteiger partial charge in [0, 0.05) is 32.8 Å². The highest BCUT2D eigenvalue weighted by atomic mass is 16.5. The molecule has 0 saturated carbocycles. The minimum atomic E-state index is -0.714. The van der Waals surface area contributed by atoms with E-state index in [9.17, 15) is 4.79 Å². The van der Waals surface area contributed by atoms with Crippen LogP contribution in [0.25, 0.3) is 0 Å². The van der Waals surface area contributed by atoms with Gasteiger partial charge in [0.2, 0.25) is 5.91 Å². The number of hydrogen-bond donors (Lipinski definition) is 2. The Morgan fingerprint density at radius 1 is 1.45 bits per heavy atom. The largest absolute Gasteiger partial charge is 0.381 e. The maximum atomic E-state index is 12.2. The zero-order valence-electron chi connectivity index (χ0n) is 12.9. The molecule has 1 atom stereocenters. The Morgan fingerprint density at radius 2 is 2.15 bits per heavy atom. The lowest BCUT2D eigenvalue weighted by Gasteiger charge is -2.32. The number of likely N-dealkylation sites (tertiary alicyclic amines) is 1. The Kier molecular flexibility index (Phi) is 5.41. The first-order chi connectivity index (χ1) is 9.49. The first kappa shape index (κ1) is 15.7. The second-order valence-corrected chi connectivity index (χ2v) is 6.79. The Hall–Kier alpha value is -0.650. The van der Waals surface area contributed by atoms with Gasteiger partial charge >= 0.3 is 0 Å². The van der Waals surface area contributed by atoms with Crippen LogP contribution in [0.1, 0.15) is 33.1 Å². The van der Waals surface area contributed by atoms with E-state index in [1.807, 2.05) is 0 Å². The number of nitrogens with two attached hydrogens (primary N) is 1. The van der Waals surface area contributed by atoms with Crippen LogP contribution in [-0.2, 0) is 9.53 Å². The van der Waals surface area contributed by atoms with E-state index in [4.69, 9.17) is 10.5 Å². The first-order valence-electron chi connectivity index (χ1n) is 7.87. The third-order valence-corrected chi connectivity index (χ3v) is 4.38. The number of carbonyl (C=O) groups excluding carboxylic acids is 1. The van der Waals surface area contributed by atoms with Gasteiger partial charge in [-0.3, -0.25) is 4.79 Å². The average Bonchev–Trinajstić information content (AvgIpc) is 2.83. The van der Waals surface area contributed by atoms with Gasteiger partial charge in [-0.05, 0) is 37.6 Å². The molecule has 2 saturated heterocycles. The second-order valence-electron chi connectivity index (χ2n) is 6.79. The summed E-state index contributed by atoms with van der Waals surface area (Å²) in [5.74, 6) is 1.28. The molecule has 1 unspecified atom stereocenters. The number of amides is 1. The molecule has 2 aliphatic heterocycles. The maximum Gasteiger partial charge on any atom is 0.240 e. The van der Waals surface area contributed by atoms with Crippen LogP contribution in [0.4, 0.5) is 0 Å². The molecule has 2 aliphatic rings. The van der Waals surface area contributed by atoms with E-state index in [0.717, 1.165) is 26.2 Å². The van der Waals surface area contributed by atoms with Crippen LogP contribution < -0.4 is 11.1 Å². The molecule has 0 aliphatic carbocycles. The summed E-state index contributed by atoms with van der Waals surface area (Å²) in [5, 5.41) is 3.06. The summed E-state index contributed by atoms with van der Waals surface area (Å²) in [5.41, 5.74) is 5.46. The monoisotopic (exact) mass is 283 g/mol. The molecule has 2 rings (SSSR count). The number of carbonyl (C=O) groups is 1. The predicted octanol–water partition coefficient (Wildman–Crippen LogP) is 0.588. The molecule has 3 N–H and O–H groups in total. The quantitative estimate of drug-likeness (QED) is 0.775. The molecule has 5 heteroatoms. The van der Waals surface area contributed by atoms with Crippen molar-refractivity contribution in [1.82, 2.24) is 10.2 Å². The van der Waals surface area contributed by atoms with Gasteiger partial charge in [0.15, 0.2) is 0 Å². The fraction of sp³-hybridized carbons (Fsp3) is 0.933. The van der Waals surface area contributed by atoms with Gasteiger partial charge in [-0.15, -0.1) is 0 Å². The molecular formula is C15H29N3O2. The minimum Gasteiger partial charge on any atom is -0.381 e. The highest BCUT2D eigenvalue weighted by Crippen LogP contribution is 2.19. The number of rotatable bonds is 5. The Morgan fingerprint density at radius 3 is 2.80 bits per heavy atom. The zero-order valence-corrected chi connectivity index (χ0v) is 12.9. The average molecular weight is 283 g/mol. The van der Waals surface area contributed by atoms with Crippen molar-refractivity contribution in [3.8, 4) is 0 Å². The van der Waals surface area contributed by atoms with E-state index in [0.29, 0.717) is 37.9 Å². The predicted molar refractivity (Wildman–Crippen MR) is 79.4 cm³/mol. The van der Waals surface area contributed by atoms with Crippen molar-refractivity contribution in [2.24, 2.45) is 17.6 Å². The lowest BCUT2D eigenvalue weighted by molar-refractivity contribution is -0.129. The molecule has 2 fully saturated rings. The molecule has 1 amide bonds. The molecule has 0 aromatic carbocycles. The van der Waals surface area contributed by atoms with Crippen molar-refractivity contribution >= 4 is 5.91 Å². The number of nitrogens with zero attached hydrogens (tertiary/aromatic N) is 1. The van der Waals surface area contributed by atoms with Crippen molar-refractivity contribution in [2.45, 2.75) is 38.6 Å². The summed E-state index contributed by atoms with van der Waals surface area (Å²) >= 11 is 0. The molecule has 2 heterocycles. The Balaban J connectivity index is 1.71. The summed E-state index contributed by atoms with van der Waals surface area (Å²) in [6.07, 6.45) is 2.43. The minimum absolute atomic E-state index is 0.00288. The smallest absolute Gasteiger partial charge is 0.240 e. The summed E-state index contributed by atoms with van der Waals surface area (Å²) in [6, 6.07) is 0. The third kappa shape index (κ3) is 4.17. The standard InChI is InChI=1S/C15H29N3O2/c1-12(2)10-18-6-3-13(11-18)9-17-14(19)15(16)4-7-20-8-5-15/h12-13H,3-11,16H2,1-2H3,(H,17,19). The third-order valence-electron chi connectivity index (χ3n) is 4.38. The van der Waals surface area contributed by atoms with Crippen LogP contribution in [-0.4, -0.2) is 55.7 Å². The van der Waals surface area contributed by atoms with Crippen LogP contribution in [0.2, 0.25) is 0 Å². The van der Waals surface area contributed by atoms with Gasteiger partial charge in [-0.1, -0.05) is 13.8 Å². The van der Waals surface area contributed by atoms with Crippen LogP contribution in [0.5, 0.6) is 0 Å². The number of hydrogen-bond acceptors (Lipinski definition) is 4. The molecule has 0 radical (unpaired) electrons. The first-order valence-corrected chi connectivity index (χ1v) is 7.87. The lowest BCUT2D eigenvalue weighted by Crippen LogP contribution is -2.57. The molecule has 0 aromatic rings. The van der Waals surface area contributed by atoms with Gasteiger partial charge in [0.1, 0.15) is 0 Å². The van der Waals surface area contributed by atoms with E-state index >= 15 is 0 Å². The highest BCUT2D eigenvalue weighted by Gasteiger charge is 2.36. The maximum absolute atomic E-state index is 12.2. The van der Waals surface area contributed by atoms with Crippen LogP contribution in [0, 0.1) is 11.8 Å². The van der Waals surface area contributed by atoms with E-state index < -0.39 is 5.54 Å². The molecular weight excluding hydrogens is 254 g/mol. The lowest BCUT2D eigenvalue weighted by atomic mass is 9.90. The van der Waals surface area contributed by atoms with Gasteiger partial charge < -0.3 is 20.7 Å². The van der Waals surface area contributed by atoms with Gasteiger partial charge in [-0.25, -0.2) is 0 Å². The fourth-order valence-corrected chi connectivity index (χ4v) is 3.14. The SMILES string of the molecule is CC(C)CN1CCC(CNC(=O)C2(N)CCOCC2)C1. The molecule has 0 aromatic heterocycles. The summed E-state index contributed by atoms with van der Waals surface area (Å²) < 4.78 is 5.28. The number of ether oxygens (including phenoxy) is 1. The van der Waals surface area contributed by atoms with Gasteiger partial charge in [0.05, 0.1) is 5.54 Å². The van der Waals surface area contributed by atoms with Gasteiger partial charge in [0.25, 0.3) is 0 Å². The molecule has 116 valence electrons. The van der Waals surface area contributed by atoms with Crippen LogP contribution >= 0.6 is 0 Å². The van der Waals surface area contributed by atoms with E-state index in [-0.39, 0.29) is 5.91 Å². The van der Waals surface area contributed by atoms with Crippen molar-refractivity contribution in [3.05, 3.63) is 0 Å². The van der Waals surface area contributed by atoms with E-state index in [2.05, 4.69) is 24.1 Å². The Labute approximate surface area is 122 Å². The zero-order chi connectivity index (χ0) is 14.6. The summed E-state index contributed by atoms with van der Waals surface area (Å²) in [7, 11) is 0. The van der Waals surface area contributed by atoms with Crippen molar-refractivity contribution in [1.29, 1.82) is 0 Å². The fourth-order valence-electron chi connectivity index (χ4n) is 3.14. The van der Waals surface area contributed by atoms with Crippen molar-refractivity contribution in [3.63, 3.8) is 0 Å². The van der Waals surface area contributed by atoms with E-state index in [1.54, 1.807) is 0 Å². The van der Waals surface area contributed by atoms with Crippen molar-refractivity contribution < 1.29 is 9.53 Å². The normalized spacial score (nSPS) is 26.9. The van der Waals surface area contributed by atoms with E-state index in [1.165, 1.54) is 6.42 Å². The molecule has 0 spiro atoms. The Bertz CT molecular complexity index is 327. The van der Waals surface area contributed by atoms with Crippen LogP contribution in [0.15, 0.2) is 0 Å².